The van der Waals surface area contributed by atoms with Gasteiger partial charge in [0.25, 0.3) is 10.0 Å². The lowest BCUT2D eigenvalue weighted by molar-refractivity contribution is 0.0277. The van der Waals surface area contributed by atoms with Crippen molar-refractivity contribution in [2.75, 3.05) is 19.6 Å². The fraction of sp³-hybridized carbons (Fsp3) is 0.516. The van der Waals surface area contributed by atoms with Crippen LogP contribution in [0.3, 0.4) is 0 Å². The SMILES string of the molecule is CC(C)(O)CN1CCC(c2nc3cnc4c(ccn4S(=O)(=O)c4ccccc4)c3n2[C@H]2CC[C@H](CC#N)CC2)CC1. The number of nitriles is 1. The number of aliphatic hydroxyl groups is 1. The van der Waals surface area contributed by atoms with Gasteiger partial charge in [0.05, 0.1) is 28.3 Å². The average Bonchev–Trinajstić information content (AvgIpc) is 3.56. The molecule has 0 bridgehead atoms. The van der Waals surface area contributed by atoms with Crippen LogP contribution in [0.25, 0.3) is 22.1 Å². The molecule has 9 nitrogen and oxygen atoms in total. The minimum atomic E-state index is -3.81. The molecule has 2 aliphatic rings. The Balaban J connectivity index is 1.43. The third-order valence-corrected chi connectivity index (χ3v) is 10.5. The number of aromatic nitrogens is 4. The van der Waals surface area contributed by atoms with Crippen LogP contribution in [0.5, 0.6) is 0 Å². The number of fused-ring (bicyclic) bond motifs is 3. The fourth-order valence-corrected chi connectivity index (χ4v) is 8.18. The highest BCUT2D eigenvalue weighted by molar-refractivity contribution is 7.90. The van der Waals surface area contributed by atoms with Crippen molar-refractivity contribution in [3.8, 4) is 6.07 Å². The number of hydrogen-bond donors (Lipinski definition) is 1. The number of benzene rings is 1. The molecular weight excluding hydrogens is 536 g/mol. The maximum atomic E-state index is 13.6. The molecule has 0 amide bonds. The summed E-state index contributed by atoms with van der Waals surface area (Å²) in [5, 5.41) is 20.4. The van der Waals surface area contributed by atoms with E-state index in [0.29, 0.717) is 24.5 Å². The normalized spacial score (nSPS) is 21.4. The summed E-state index contributed by atoms with van der Waals surface area (Å²) in [6, 6.07) is 12.9. The van der Waals surface area contributed by atoms with Gasteiger partial charge in [0.2, 0.25) is 0 Å². The highest BCUT2D eigenvalue weighted by atomic mass is 32.2. The molecule has 1 aliphatic heterocycles. The first kappa shape index (κ1) is 27.9. The number of hydrogen-bond acceptors (Lipinski definition) is 7. The maximum Gasteiger partial charge on any atom is 0.269 e. The first-order chi connectivity index (χ1) is 19.7. The van der Waals surface area contributed by atoms with Gasteiger partial charge in [-0.2, -0.15) is 5.26 Å². The van der Waals surface area contributed by atoms with Gasteiger partial charge in [0.15, 0.2) is 5.65 Å². The van der Waals surface area contributed by atoms with Gasteiger partial charge in [-0.1, -0.05) is 18.2 Å². The van der Waals surface area contributed by atoms with Crippen molar-refractivity contribution in [3.63, 3.8) is 0 Å². The number of β-amino-alcohol motifs (C(OH)–C–C–N with tert-alkyl or cyclic N) is 1. The molecule has 1 saturated carbocycles. The number of nitrogens with zero attached hydrogens (tertiary/aromatic N) is 6. The van der Waals surface area contributed by atoms with E-state index in [1.54, 1.807) is 42.7 Å². The quantitative estimate of drug-likeness (QED) is 0.322. The van der Waals surface area contributed by atoms with E-state index in [2.05, 4.69) is 20.5 Å². The third kappa shape index (κ3) is 5.39. The highest BCUT2D eigenvalue weighted by Gasteiger charge is 2.33. The second-order valence-corrected chi connectivity index (χ2v) is 14.2. The van der Waals surface area contributed by atoms with E-state index in [1.165, 1.54) is 3.97 Å². The van der Waals surface area contributed by atoms with E-state index in [0.717, 1.165) is 73.9 Å². The van der Waals surface area contributed by atoms with Crippen molar-refractivity contribution in [2.45, 2.75) is 81.2 Å². The number of imidazole rings is 1. The lowest BCUT2D eigenvalue weighted by Gasteiger charge is -2.36. The van der Waals surface area contributed by atoms with E-state index < -0.39 is 15.6 Å². The molecule has 10 heteroatoms. The summed E-state index contributed by atoms with van der Waals surface area (Å²) in [4.78, 5) is 12.3. The summed E-state index contributed by atoms with van der Waals surface area (Å²) in [5.74, 6) is 1.75. The zero-order chi connectivity index (χ0) is 28.8. The van der Waals surface area contributed by atoms with Crippen LogP contribution >= 0.6 is 0 Å². The van der Waals surface area contributed by atoms with E-state index in [4.69, 9.17) is 4.98 Å². The van der Waals surface area contributed by atoms with Crippen molar-refractivity contribution < 1.29 is 13.5 Å². The van der Waals surface area contributed by atoms with E-state index in [-0.39, 0.29) is 16.9 Å². The van der Waals surface area contributed by atoms with Crippen molar-refractivity contribution in [1.82, 2.24) is 23.4 Å². The highest BCUT2D eigenvalue weighted by Crippen LogP contribution is 2.41. The van der Waals surface area contributed by atoms with Crippen LogP contribution in [0, 0.1) is 17.2 Å². The van der Waals surface area contributed by atoms with E-state index in [9.17, 15) is 18.8 Å². The van der Waals surface area contributed by atoms with Gasteiger partial charge in [-0.25, -0.2) is 22.4 Å². The van der Waals surface area contributed by atoms with Crippen molar-refractivity contribution >= 4 is 32.1 Å². The molecule has 1 aliphatic carbocycles. The summed E-state index contributed by atoms with van der Waals surface area (Å²) in [6.07, 6.45) is 9.75. The Morgan fingerprint density at radius 3 is 2.41 bits per heavy atom. The molecule has 3 aromatic heterocycles. The Morgan fingerprint density at radius 1 is 1.05 bits per heavy atom. The van der Waals surface area contributed by atoms with Gasteiger partial charge in [-0.3, -0.25) is 0 Å². The first-order valence-electron chi connectivity index (χ1n) is 14.7. The lowest BCUT2D eigenvalue weighted by Crippen LogP contribution is -2.42. The topological polar surface area (TPSA) is 117 Å². The van der Waals surface area contributed by atoms with Crippen LogP contribution in [0.15, 0.2) is 53.7 Å². The number of likely N-dealkylation sites (tertiary alicyclic amines) is 1. The van der Waals surface area contributed by atoms with Crippen LogP contribution in [0.1, 0.15) is 76.6 Å². The van der Waals surface area contributed by atoms with Crippen LogP contribution in [-0.2, 0) is 10.0 Å². The van der Waals surface area contributed by atoms with Crippen LogP contribution in [0.2, 0.25) is 0 Å². The molecule has 1 aromatic carbocycles. The predicted octanol–water partition coefficient (Wildman–Crippen LogP) is 5.22. The Kier molecular flexibility index (Phi) is 7.39. The lowest BCUT2D eigenvalue weighted by atomic mass is 9.84. The fourth-order valence-electron chi connectivity index (χ4n) is 6.86. The second kappa shape index (κ2) is 10.9. The number of piperidine rings is 1. The Bertz CT molecular complexity index is 1680. The molecule has 216 valence electrons. The zero-order valence-corrected chi connectivity index (χ0v) is 24.6. The van der Waals surface area contributed by atoms with Gasteiger partial charge >= 0.3 is 0 Å². The smallest absolute Gasteiger partial charge is 0.269 e. The first-order valence-corrected chi connectivity index (χ1v) is 16.1. The minimum Gasteiger partial charge on any atom is -0.389 e. The second-order valence-electron chi connectivity index (χ2n) is 12.4. The maximum absolute atomic E-state index is 13.6. The molecule has 2 fully saturated rings. The average molecular weight is 575 g/mol. The molecule has 1 saturated heterocycles. The molecule has 41 heavy (non-hydrogen) atoms. The van der Waals surface area contributed by atoms with Gasteiger partial charge in [-0.15, -0.1) is 0 Å². The molecule has 0 radical (unpaired) electrons. The number of pyridine rings is 1. The van der Waals surface area contributed by atoms with Gasteiger partial charge in [0, 0.05) is 36.5 Å². The summed E-state index contributed by atoms with van der Waals surface area (Å²) < 4.78 is 30.8. The van der Waals surface area contributed by atoms with Gasteiger partial charge in [-0.05, 0) is 89.6 Å². The summed E-state index contributed by atoms with van der Waals surface area (Å²) in [6.45, 7) is 6.14. The molecule has 0 unspecified atom stereocenters. The summed E-state index contributed by atoms with van der Waals surface area (Å²) in [5.41, 5.74) is 1.43. The molecule has 4 aromatic rings. The monoisotopic (exact) mass is 574 g/mol. The van der Waals surface area contributed by atoms with Gasteiger partial charge in [0.1, 0.15) is 11.3 Å². The largest absolute Gasteiger partial charge is 0.389 e. The van der Waals surface area contributed by atoms with E-state index in [1.807, 2.05) is 19.9 Å². The summed E-state index contributed by atoms with van der Waals surface area (Å²) >= 11 is 0. The van der Waals surface area contributed by atoms with Crippen molar-refractivity contribution in [2.24, 2.45) is 5.92 Å². The Hall–Kier alpha value is -3.26. The predicted molar refractivity (Wildman–Crippen MR) is 158 cm³/mol. The molecule has 6 rings (SSSR count). The third-order valence-electron chi connectivity index (χ3n) is 8.78. The Labute approximate surface area is 241 Å². The van der Waals surface area contributed by atoms with Crippen molar-refractivity contribution in [3.05, 3.63) is 54.6 Å². The van der Waals surface area contributed by atoms with E-state index >= 15 is 0 Å². The molecule has 4 heterocycles. The van der Waals surface area contributed by atoms with Crippen LogP contribution in [0.4, 0.5) is 0 Å². The van der Waals surface area contributed by atoms with Crippen molar-refractivity contribution in [1.29, 1.82) is 5.26 Å². The number of rotatable bonds is 7. The van der Waals surface area contributed by atoms with Gasteiger partial charge < -0.3 is 14.6 Å². The molecular formula is C31H38N6O3S. The molecule has 0 atom stereocenters. The summed E-state index contributed by atoms with van der Waals surface area (Å²) in [7, 11) is -3.81. The van der Waals surface area contributed by atoms with Crippen LogP contribution in [-0.4, -0.2) is 62.2 Å². The molecule has 1 N–H and O–H groups in total. The van der Waals surface area contributed by atoms with Crippen LogP contribution < -0.4 is 0 Å². The standard InChI is InChI=1S/C31H38N6O3S/c1-31(2,38)21-35-17-13-23(14-18-35)29-34-27-20-33-30-26(15-19-36(30)41(39,40)25-6-4-3-5-7-25)28(27)37(29)24-10-8-22(9-11-24)12-16-32/h3-7,15,19-20,22-24,38H,8-14,17-18,21H2,1-2H3/t22-,24-. The zero-order valence-electron chi connectivity index (χ0n) is 23.8. The molecule has 0 spiro atoms. The minimum absolute atomic E-state index is 0.224. The Morgan fingerprint density at radius 2 is 1.76 bits per heavy atom.